The van der Waals surface area contributed by atoms with Crippen LogP contribution in [-0.2, 0) is 6.42 Å². The molecule has 0 aliphatic rings. The Bertz CT molecular complexity index is 531. The van der Waals surface area contributed by atoms with Gasteiger partial charge in [0.25, 0.3) is 5.91 Å². The molecule has 0 atom stereocenters. The van der Waals surface area contributed by atoms with Crippen LogP contribution in [0.3, 0.4) is 0 Å². The molecular weight excluding hydrogens is 214 g/mol. The van der Waals surface area contributed by atoms with Crippen LogP contribution in [0, 0.1) is 6.92 Å². The van der Waals surface area contributed by atoms with Crippen molar-refractivity contribution < 1.29 is 4.79 Å². The van der Waals surface area contributed by atoms with Crippen molar-refractivity contribution in [2.75, 3.05) is 5.32 Å². The first-order chi connectivity index (χ1) is 8.19. The Morgan fingerprint density at radius 1 is 1.41 bits per heavy atom. The minimum Gasteiger partial charge on any atom is -0.305 e. The number of anilines is 1. The number of nitrogens with zero attached hydrogens (tertiary/aromatic N) is 1. The maximum Gasteiger partial charge on any atom is 0.256 e. The van der Waals surface area contributed by atoms with E-state index in [1.165, 1.54) is 0 Å². The van der Waals surface area contributed by atoms with Crippen LogP contribution in [0.15, 0.2) is 30.3 Å². The number of hydrogen-bond donors (Lipinski definition) is 2. The Hall–Kier alpha value is -2.10. The summed E-state index contributed by atoms with van der Waals surface area (Å²) in [7, 11) is 0. The van der Waals surface area contributed by atoms with Crippen molar-refractivity contribution in [3.05, 3.63) is 47.2 Å². The predicted octanol–water partition coefficient (Wildman–Crippen LogP) is 2.53. The number of rotatable bonds is 3. The van der Waals surface area contributed by atoms with Gasteiger partial charge in [-0.15, -0.1) is 0 Å². The molecular formula is C13H15N3O. The molecule has 4 heteroatoms. The zero-order valence-corrected chi connectivity index (χ0v) is 9.95. The number of hydrogen-bond acceptors (Lipinski definition) is 2. The van der Waals surface area contributed by atoms with Crippen LogP contribution in [0.2, 0.25) is 0 Å². The number of carbonyl (C=O) groups is 1. The highest BCUT2D eigenvalue weighted by atomic mass is 16.1. The van der Waals surface area contributed by atoms with Crippen molar-refractivity contribution in [1.82, 2.24) is 10.2 Å². The number of amides is 1. The van der Waals surface area contributed by atoms with Gasteiger partial charge in [0.15, 0.2) is 5.82 Å². The van der Waals surface area contributed by atoms with E-state index in [-0.39, 0.29) is 5.91 Å². The van der Waals surface area contributed by atoms with E-state index in [1.807, 2.05) is 38.1 Å². The third-order valence-corrected chi connectivity index (χ3v) is 2.53. The lowest BCUT2D eigenvalue weighted by Crippen LogP contribution is -2.12. The number of aromatic amines is 1. The second-order valence-corrected chi connectivity index (χ2v) is 3.96. The molecule has 1 heterocycles. The molecule has 88 valence electrons. The van der Waals surface area contributed by atoms with E-state index in [0.717, 1.165) is 17.7 Å². The van der Waals surface area contributed by atoms with Gasteiger partial charge in [-0.3, -0.25) is 9.89 Å². The van der Waals surface area contributed by atoms with Crippen LogP contribution < -0.4 is 5.32 Å². The number of aryl methyl sites for hydroxylation is 2. The van der Waals surface area contributed by atoms with Gasteiger partial charge >= 0.3 is 0 Å². The first-order valence-electron chi connectivity index (χ1n) is 5.61. The van der Waals surface area contributed by atoms with Crippen molar-refractivity contribution in [3.63, 3.8) is 0 Å². The summed E-state index contributed by atoms with van der Waals surface area (Å²) in [5.41, 5.74) is 2.71. The highest BCUT2D eigenvalue weighted by molar-refractivity contribution is 6.03. The molecule has 2 rings (SSSR count). The second-order valence-electron chi connectivity index (χ2n) is 3.96. The van der Waals surface area contributed by atoms with Gasteiger partial charge in [0.2, 0.25) is 0 Å². The summed E-state index contributed by atoms with van der Waals surface area (Å²) in [6.45, 7) is 3.99. The van der Waals surface area contributed by atoms with E-state index in [9.17, 15) is 4.79 Å². The van der Waals surface area contributed by atoms with E-state index in [1.54, 1.807) is 6.07 Å². The normalized spacial score (nSPS) is 10.2. The fourth-order valence-corrected chi connectivity index (χ4v) is 1.58. The van der Waals surface area contributed by atoms with Gasteiger partial charge in [-0.2, -0.15) is 5.10 Å². The van der Waals surface area contributed by atoms with E-state index in [0.29, 0.717) is 11.4 Å². The van der Waals surface area contributed by atoms with Crippen molar-refractivity contribution >= 4 is 11.7 Å². The molecule has 0 fully saturated rings. The Balaban J connectivity index is 2.11. The van der Waals surface area contributed by atoms with Crippen molar-refractivity contribution in [2.24, 2.45) is 0 Å². The molecule has 0 aliphatic carbocycles. The molecule has 0 bridgehead atoms. The number of benzene rings is 1. The summed E-state index contributed by atoms with van der Waals surface area (Å²) in [5, 5.41) is 9.64. The number of carbonyl (C=O) groups excluding carboxylic acids is 1. The molecule has 0 spiro atoms. The predicted molar refractivity (Wildman–Crippen MR) is 67.1 cm³/mol. The quantitative estimate of drug-likeness (QED) is 0.849. The highest BCUT2D eigenvalue weighted by Gasteiger charge is 2.07. The zero-order chi connectivity index (χ0) is 12.3. The summed E-state index contributed by atoms with van der Waals surface area (Å²) in [6, 6.07) is 9.30. The lowest BCUT2D eigenvalue weighted by atomic mass is 10.1. The average molecular weight is 229 g/mol. The van der Waals surface area contributed by atoms with E-state index < -0.39 is 0 Å². The summed E-state index contributed by atoms with van der Waals surface area (Å²) >= 11 is 0. The largest absolute Gasteiger partial charge is 0.305 e. The molecule has 2 aromatic rings. The van der Waals surface area contributed by atoms with Gasteiger partial charge in [-0.1, -0.05) is 24.6 Å². The van der Waals surface area contributed by atoms with Crippen LogP contribution in [0.4, 0.5) is 5.82 Å². The third kappa shape index (κ3) is 2.72. The van der Waals surface area contributed by atoms with Crippen molar-refractivity contribution in [3.8, 4) is 0 Å². The zero-order valence-electron chi connectivity index (χ0n) is 9.95. The monoisotopic (exact) mass is 229 g/mol. The standard InChI is InChI=1S/C13H15N3O/c1-3-11-8-12(16-15-11)14-13(17)10-6-4-5-9(2)7-10/h4-8H,3H2,1-2H3,(H2,14,15,16,17). The van der Waals surface area contributed by atoms with E-state index >= 15 is 0 Å². The van der Waals surface area contributed by atoms with Crippen LogP contribution in [-0.4, -0.2) is 16.1 Å². The number of H-pyrrole nitrogens is 1. The van der Waals surface area contributed by atoms with Crippen LogP contribution in [0.1, 0.15) is 28.5 Å². The van der Waals surface area contributed by atoms with Crippen LogP contribution in [0.5, 0.6) is 0 Å². The summed E-state index contributed by atoms with van der Waals surface area (Å²) < 4.78 is 0. The van der Waals surface area contributed by atoms with Crippen LogP contribution >= 0.6 is 0 Å². The third-order valence-electron chi connectivity index (χ3n) is 2.53. The minimum atomic E-state index is -0.136. The molecule has 0 aliphatic heterocycles. The highest BCUT2D eigenvalue weighted by Crippen LogP contribution is 2.09. The van der Waals surface area contributed by atoms with Gasteiger partial charge in [0, 0.05) is 17.3 Å². The SMILES string of the molecule is CCc1cc(NC(=O)c2cccc(C)c2)n[nH]1. The average Bonchev–Trinajstić information content (AvgIpc) is 2.77. The van der Waals surface area contributed by atoms with Gasteiger partial charge in [-0.25, -0.2) is 0 Å². The number of nitrogens with one attached hydrogen (secondary N) is 2. The summed E-state index contributed by atoms with van der Waals surface area (Å²) in [4.78, 5) is 11.9. The lowest BCUT2D eigenvalue weighted by Gasteiger charge is -2.02. The van der Waals surface area contributed by atoms with Crippen molar-refractivity contribution in [2.45, 2.75) is 20.3 Å². The summed E-state index contributed by atoms with van der Waals surface area (Å²) in [5.74, 6) is 0.427. The van der Waals surface area contributed by atoms with Gasteiger partial charge in [0.1, 0.15) is 0 Å². The molecule has 1 aromatic heterocycles. The topological polar surface area (TPSA) is 57.8 Å². The second kappa shape index (κ2) is 4.82. The molecule has 0 saturated carbocycles. The smallest absolute Gasteiger partial charge is 0.256 e. The Morgan fingerprint density at radius 2 is 2.24 bits per heavy atom. The maximum atomic E-state index is 11.9. The van der Waals surface area contributed by atoms with Crippen molar-refractivity contribution in [1.29, 1.82) is 0 Å². The molecule has 17 heavy (non-hydrogen) atoms. The molecule has 0 unspecified atom stereocenters. The van der Waals surface area contributed by atoms with E-state index in [4.69, 9.17) is 0 Å². The Kier molecular flexibility index (Phi) is 3.23. The fourth-order valence-electron chi connectivity index (χ4n) is 1.58. The Morgan fingerprint density at radius 3 is 2.88 bits per heavy atom. The molecule has 0 radical (unpaired) electrons. The Labute approximate surface area is 100 Å². The van der Waals surface area contributed by atoms with Gasteiger partial charge < -0.3 is 5.32 Å². The molecule has 1 amide bonds. The van der Waals surface area contributed by atoms with E-state index in [2.05, 4.69) is 15.5 Å². The fraction of sp³-hybridized carbons (Fsp3) is 0.231. The molecule has 0 saturated heterocycles. The maximum absolute atomic E-state index is 11.9. The first kappa shape index (κ1) is 11.4. The number of aromatic nitrogens is 2. The molecule has 2 N–H and O–H groups in total. The minimum absolute atomic E-state index is 0.136. The van der Waals surface area contributed by atoms with Crippen LogP contribution in [0.25, 0.3) is 0 Å². The van der Waals surface area contributed by atoms with Gasteiger partial charge in [-0.05, 0) is 25.5 Å². The van der Waals surface area contributed by atoms with Gasteiger partial charge in [0.05, 0.1) is 0 Å². The first-order valence-corrected chi connectivity index (χ1v) is 5.61. The lowest BCUT2D eigenvalue weighted by molar-refractivity contribution is 0.102. The summed E-state index contributed by atoms with van der Waals surface area (Å²) in [6.07, 6.45) is 0.868. The molecule has 1 aromatic carbocycles. The molecule has 4 nitrogen and oxygen atoms in total.